The zero-order valence-corrected chi connectivity index (χ0v) is 12.2. The van der Waals surface area contributed by atoms with Crippen molar-refractivity contribution in [3.63, 3.8) is 0 Å². The highest BCUT2D eigenvalue weighted by molar-refractivity contribution is 6.30. The number of carbonyl (C=O) groups excluding carboxylic acids is 1. The molecule has 1 aliphatic rings. The lowest BCUT2D eigenvalue weighted by Gasteiger charge is -2.44. The highest BCUT2D eigenvalue weighted by Gasteiger charge is 2.36. The molecule has 104 valence electrons. The van der Waals surface area contributed by atoms with Crippen LogP contribution in [-0.4, -0.2) is 35.7 Å². The van der Waals surface area contributed by atoms with Gasteiger partial charge in [-0.15, -0.1) is 0 Å². The molecule has 1 aromatic carbocycles. The lowest BCUT2D eigenvalue weighted by atomic mass is 10.0. The van der Waals surface area contributed by atoms with Gasteiger partial charge in [0.2, 0.25) is 0 Å². The molecule has 1 unspecified atom stereocenters. The third kappa shape index (κ3) is 3.39. The SMILES string of the molecule is CC1CN(C(=O)Nc2ccc(Cl)cc2)C(C)(C)CO1. The number of amides is 2. The van der Waals surface area contributed by atoms with Gasteiger partial charge in [0.15, 0.2) is 0 Å². The van der Waals surface area contributed by atoms with Crippen molar-refractivity contribution in [2.45, 2.75) is 32.4 Å². The average molecular weight is 283 g/mol. The van der Waals surface area contributed by atoms with E-state index >= 15 is 0 Å². The molecule has 5 heteroatoms. The molecule has 0 aromatic heterocycles. The number of rotatable bonds is 1. The summed E-state index contributed by atoms with van der Waals surface area (Å²) in [7, 11) is 0. The maximum Gasteiger partial charge on any atom is 0.322 e. The van der Waals surface area contributed by atoms with Crippen LogP contribution in [0.15, 0.2) is 24.3 Å². The first kappa shape index (κ1) is 14.2. The molecular weight excluding hydrogens is 264 g/mol. The quantitative estimate of drug-likeness (QED) is 0.858. The van der Waals surface area contributed by atoms with Gasteiger partial charge in [-0.25, -0.2) is 4.79 Å². The fourth-order valence-electron chi connectivity index (χ4n) is 2.06. The predicted molar refractivity (Wildman–Crippen MR) is 76.7 cm³/mol. The van der Waals surface area contributed by atoms with Gasteiger partial charge in [0.25, 0.3) is 0 Å². The Morgan fingerprint density at radius 3 is 2.68 bits per heavy atom. The van der Waals surface area contributed by atoms with Crippen LogP contribution in [0.2, 0.25) is 5.02 Å². The van der Waals surface area contributed by atoms with Crippen LogP contribution in [0.25, 0.3) is 0 Å². The van der Waals surface area contributed by atoms with Gasteiger partial charge < -0.3 is 15.0 Å². The van der Waals surface area contributed by atoms with Crippen molar-refractivity contribution in [1.29, 1.82) is 0 Å². The van der Waals surface area contributed by atoms with Crippen LogP contribution < -0.4 is 5.32 Å². The second kappa shape index (κ2) is 5.39. The molecule has 0 radical (unpaired) electrons. The van der Waals surface area contributed by atoms with Gasteiger partial charge in [-0.2, -0.15) is 0 Å². The lowest BCUT2D eigenvalue weighted by Crippen LogP contribution is -2.58. The van der Waals surface area contributed by atoms with Crippen LogP contribution in [0.3, 0.4) is 0 Å². The Morgan fingerprint density at radius 1 is 1.42 bits per heavy atom. The Hall–Kier alpha value is -1.26. The summed E-state index contributed by atoms with van der Waals surface area (Å²) in [5.74, 6) is 0. The van der Waals surface area contributed by atoms with Crippen molar-refractivity contribution in [1.82, 2.24) is 4.90 Å². The normalized spacial score (nSPS) is 22.1. The van der Waals surface area contributed by atoms with Gasteiger partial charge in [-0.3, -0.25) is 0 Å². The molecular formula is C14H19ClN2O2. The number of benzene rings is 1. The van der Waals surface area contributed by atoms with Crippen molar-refractivity contribution in [3.8, 4) is 0 Å². The fraction of sp³-hybridized carbons (Fsp3) is 0.500. The molecule has 1 fully saturated rings. The number of ether oxygens (including phenoxy) is 1. The van der Waals surface area contributed by atoms with E-state index in [1.54, 1.807) is 24.3 Å². The molecule has 0 spiro atoms. The Bertz CT molecular complexity index is 459. The molecule has 0 saturated carbocycles. The number of halogens is 1. The van der Waals surface area contributed by atoms with E-state index in [1.165, 1.54) is 0 Å². The van der Waals surface area contributed by atoms with E-state index in [1.807, 2.05) is 25.7 Å². The summed E-state index contributed by atoms with van der Waals surface area (Å²) >= 11 is 5.82. The minimum atomic E-state index is -0.303. The standard InChI is InChI=1S/C14H19ClN2O2/c1-10-8-17(14(2,3)9-19-10)13(18)16-12-6-4-11(15)5-7-12/h4-7,10H,8-9H2,1-3H3,(H,16,18). The first-order valence-electron chi connectivity index (χ1n) is 6.34. The molecule has 2 amide bonds. The zero-order chi connectivity index (χ0) is 14.0. The van der Waals surface area contributed by atoms with Crippen LogP contribution in [0.1, 0.15) is 20.8 Å². The number of urea groups is 1. The van der Waals surface area contributed by atoms with Crippen molar-refractivity contribution >= 4 is 23.3 Å². The minimum Gasteiger partial charge on any atom is -0.374 e. The van der Waals surface area contributed by atoms with Crippen LogP contribution >= 0.6 is 11.6 Å². The molecule has 1 saturated heterocycles. The van der Waals surface area contributed by atoms with Gasteiger partial charge in [0.05, 0.1) is 18.2 Å². The second-order valence-electron chi connectivity index (χ2n) is 5.48. The van der Waals surface area contributed by atoms with Crippen molar-refractivity contribution in [2.24, 2.45) is 0 Å². The number of anilines is 1. The first-order valence-corrected chi connectivity index (χ1v) is 6.72. The molecule has 1 heterocycles. The summed E-state index contributed by atoms with van der Waals surface area (Å²) in [6.07, 6.45) is 0.0593. The predicted octanol–water partition coefficient (Wildman–Crippen LogP) is 3.37. The molecule has 1 aliphatic heterocycles. The Labute approximate surface area is 118 Å². The zero-order valence-electron chi connectivity index (χ0n) is 11.4. The summed E-state index contributed by atoms with van der Waals surface area (Å²) in [6.45, 7) is 7.10. The summed E-state index contributed by atoms with van der Waals surface area (Å²) in [4.78, 5) is 14.2. The van der Waals surface area contributed by atoms with E-state index in [9.17, 15) is 4.79 Å². The van der Waals surface area contributed by atoms with E-state index in [-0.39, 0.29) is 17.7 Å². The Balaban J connectivity index is 2.07. The number of morpholine rings is 1. The summed E-state index contributed by atoms with van der Waals surface area (Å²) < 4.78 is 5.60. The molecule has 0 aliphatic carbocycles. The number of nitrogens with zero attached hydrogens (tertiary/aromatic N) is 1. The van der Waals surface area contributed by atoms with E-state index in [0.29, 0.717) is 18.2 Å². The van der Waals surface area contributed by atoms with E-state index in [0.717, 1.165) is 5.69 Å². The monoisotopic (exact) mass is 282 g/mol. The minimum absolute atomic E-state index is 0.0593. The van der Waals surface area contributed by atoms with E-state index in [2.05, 4.69) is 5.32 Å². The molecule has 4 nitrogen and oxygen atoms in total. The summed E-state index contributed by atoms with van der Waals surface area (Å²) in [6, 6.07) is 6.98. The Kier molecular flexibility index (Phi) is 4.02. The highest BCUT2D eigenvalue weighted by atomic mass is 35.5. The number of hydrogen-bond donors (Lipinski definition) is 1. The van der Waals surface area contributed by atoms with Crippen LogP contribution in [0, 0.1) is 0 Å². The molecule has 1 N–H and O–H groups in total. The molecule has 0 bridgehead atoms. The van der Waals surface area contributed by atoms with Gasteiger partial charge >= 0.3 is 6.03 Å². The average Bonchev–Trinajstić information content (AvgIpc) is 2.35. The molecule has 1 aromatic rings. The first-order chi connectivity index (χ1) is 8.88. The van der Waals surface area contributed by atoms with Crippen LogP contribution in [0.5, 0.6) is 0 Å². The maximum atomic E-state index is 12.3. The lowest BCUT2D eigenvalue weighted by molar-refractivity contribution is -0.0685. The van der Waals surface area contributed by atoms with Gasteiger partial charge in [0, 0.05) is 17.3 Å². The largest absolute Gasteiger partial charge is 0.374 e. The second-order valence-corrected chi connectivity index (χ2v) is 5.92. The molecule has 1 atom stereocenters. The number of hydrogen-bond acceptors (Lipinski definition) is 2. The van der Waals surface area contributed by atoms with Crippen LogP contribution in [-0.2, 0) is 4.74 Å². The van der Waals surface area contributed by atoms with Gasteiger partial charge in [-0.05, 0) is 45.0 Å². The van der Waals surface area contributed by atoms with Crippen molar-refractivity contribution in [2.75, 3.05) is 18.5 Å². The highest BCUT2D eigenvalue weighted by Crippen LogP contribution is 2.23. The molecule has 2 rings (SSSR count). The van der Waals surface area contributed by atoms with Gasteiger partial charge in [0.1, 0.15) is 0 Å². The third-order valence-electron chi connectivity index (χ3n) is 3.23. The van der Waals surface area contributed by atoms with Gasteiger partial charge in [-0.1, -0.05) is 11.6 Å². The van der Waals surface area contributed by atoms with Crippen molar-refractivity contribution < 1.29 is 9.53 Å². The third-order valence-corrected chi connectivity index (χ3v) is 3.48. The summed E-state index contributed by atoms with van der Waals surface area (Å²) in [5, 5.41) is 3.54. The topological polar surface area (TPSA) is 41.6 Å². The number of carbonyl (C=O) groups is 1. The summed E-state index contributed by atoms with van der Waals surface area (Å²) in [5.41, 5.74) is 0.438. The smallest absolute Gasteiger partial charge is 0.322 e. The van der Waals surface area contributed by atoms with E-state index in [4.69, 9.17) is 16.3 Å². The van der Waals surface area contributed by atoms with Crippen LogP contribution in [0.4, 0.5) is 10.5 Å². The van der Waals surface area contributed by atoms with E-state index < -0.39 is 0 Å². The van der Waals surface area contributed by atoms with Crippen molar-refractivity contribution in [3.05, 3.63) is 29.3 Å². The fourth-order valence-corrected chi connectivity index (χ4v) is 2.19. The maximum absolute atomic E-state index is 12.3. The number of nitrogens with one attached hydrogen (secondary N) is 1. The Morgan fingerprint density at radius 2 is 2.05 bits per heavy atom. The molecule has 19 heavy (non-hydrogen) atoms.